The zero-order valence-corrected chi connectivity index (χ0v) is 7.53. The van der Waals surface area contributed by atoms with Crippen molar-refractivity contribution in [2.24, 2.45) is 0 Å². The van der Waals surface area contributed by atoms with Gasteiger partial charge in [-0.2, -0.15) is 0 Å². The van der Waals surface area contributed by atoms with Crippen LogP contribution in [0.5, 0.6) is 0 Å². The maximum atomic E-state index is 2.25. The maximum absolute atomic E-state index is 2.25. The zero-order chi connectivity index (χ0) is 7.56. The van der Waals surface area contributed by atoms with Crippen LogP contribution in [0.1, 0.15) is 31.6 Å². The molecular weight excluding hydrogens is 140 g/mol. The molecule has 0 aliphatic rings. The molecule has 55 valence electrons. The monoisotopic (exact) mass is 153 g/mol. The van der Waals surface area contributed by atoms with E-state index in [-0.39, 0.29) is 0 Å². The van der Waals surface area contributed by atoms with Crippen molar-refractivity contribution in [1.29, 1.82) is 0 Å². The first-order chi connectivity index (χ1) is 4.72. The van der Waals surface area contributed by atoms with E-state index in [9.17, 15) is 0 Å². The smallest absolute Gasteiger partial charge is 0.00789 e. The topological polar surface area (TPSA) is 0 Å². The Morgan fingerprint density at radius 1 is 1.50 bits per heavy atom. The highest BCUT2D eigenvalue weighted by Gasteiger charge is 2.09. The molecule has 0 saturated heterocycles. The lowest BCUT2D eigenvalue weighted by Gasteiger charge is -2.11. The van der Waals surface area contributed by atoms with Gasteiger partial charge in [-0.25, -0.2) is 0 Å². The van der Waals surface area contributed by atoms with E-state index < -0.39 is 0 Å². The van der Waals surface area contributed by atoms with Gasteiger partial charge in [0.2, 0.25) is 0 Å². The molecule has 0 N–H and O–H groups in total. The van der Waals surface area contributed by atoms with Gasteiger partial charge in [-0.15, -0.1) is 11.3 Å². The third-order valence-corrected chi connectivity index (χ3v) is 2.89. The van der Waals surface area contributed by atoms with E-state index in [1.807, 2.05) is 11.3 Å². The highest BCUT2D eigenvalue weighted by Crippen LogP contribution is 2.28. The van der Waals surface area contributed by atoms with E-state index in [2.05, 4.69) is 38.3 Å². The van der Waals surface area contributed by atoms with Crippen molar-refractivity contribution in [3.63, 3.8) is 0 Å². The van der Waals surface area contributed by atoms with Crippen LogP contribution in [0.3, 0.4) is 0 Å². The minimum Gasteiger partial charge on any atom is -0.149 e. The number of hydrogen-bond acceptors (Lipinski definition) is 1. The third kappa shape index (κ3) is 1.60. The molecule has 0 nitrogen and oxygen atoms in total. The van der Waals surface area contributed by atoms with E-state index in [4.69, 9.17) is 0 Å². The molecule has 1 heteroatoms. The standard InChI is InChI=1S/C9H13S/c1-7(2)8(3)9-5-4-6-10-9/h4-6,8H,1-3H3. The molecule has 0 aromatic carbocycles. The van der Waals surface area contributed by atoms with Gasteiger partial charge in [-0.05, 0) is 23.3 Å². The van der Waals surface area contributed by atoms with Crippen molar-refractivity contribution in [3.05, 3.63) is 28.3 Å². The number of hydrogen-bond donors (Lipinski definition) is 0. The van der Waals surface area contributed by atoms with Crippen molar-refractivity contribution < 1.29 is 0 Å². The van der Waals surface area contributed by atoms with Crippen LogP contribution in [0.2, 0.25) is 0 Å². The van der Waals surface area contributed by atoms with Gasteiger partial charge in [0.25, 0.3) is 0 Å². The SMILES string of the molecule is C[C](C)C(C)c1cccs1. The largest absolute Gasteiger partial charge is 0.149 e. The molecule has 0 aliphatic heterocycles. The molecule has 1 radical (unpaired) electrons. The molecule has 0 fully saturated rings. The summed E-state index contributed by atoms with van der Waals surface area (Å²) in [6.45, 7) is 6.62. The van der Waals surface area contributed by atoms with Gasteiger partial charge < -0.3 is 0 Å². The van der Waals surface area contributed by atoms with Gasteiger partial charge in [0, 0.05) is 4.88 Å². The van der Waals surface area contributed by atoms with Crippen LogP contribution in [0.15, 0.2) is 17.5 Å². The van der Waals surface area contributed by atoms with Crippen molar-refractivity contribution >= 4 is 11.3 Å². The lowest BCUT2D eigenvalue weighted by molar-refractivity contribution is 0.790. The summed E-state index contributed by atoms with van der Waals surface area (Å²) in [5.74, 6) is 2.13. The van der Waals surface area contributed by atoms with E-state index in [1.54, 1.807) is 0 Å². The summed E-state index contributed by atoms with van der Waals surface area (Å²) in [5, 5.41) is 2.13. The third-order valence-electron chi connectivity index (χ3n) is 1.84. The fourth-order valence-electron chi connectivity index (χ4n) is 0.822. The molecule has 0 amide bonds. The van der Waals surface area contributed by atoms with Gasteiger partial charge in [0.05, 0.1) is 0 Å². The second kappa shape index (κ2) is 3.20. The molecule has 1 rings (SSSR count). The molecule has 0 aliphatic carbocycles. The summed E-state index contributed by atoms with van der Waals surface area (Å²) in [6.07, 6.45) is 0. The Kier molecular flexibility index (Phi) is 2.50. The molecule has 0 saturated carbocycles. The Balaban J connectivity index is 2.68. The van der Waals surface area contributed by atoms with Crippen molar-refractivity contribution in [1.82, 2.24) is 0 Å². The van der Waals surface area contributed by atoms with Crippen LogP contribution in [0, 0.1) is 5.92 Å². The van der Waals surface area contributed by atoms with Crippen LogP contribution >= 0.6 is 11.3 Å². The normalized spacial score (nSPS) is 14.0. The van der Waals surface area contributed by atoms with Crippen LogP contribution in [0.4, 0.5) is 0 Å². The van der Waals surface area contributed by atoms with Gasteiger partial charge >= 0.3 is 0 Å². The predicted molar refractivity (Wildman–Crippen MR) is 47.3 cm³/mol. The predicted octanol–water partition coefficient (Wildman–Crippen LogP) is 3.47. The highest BCUT2D eigenvalue weighted by atomic mass is 32.1. The molecule has 1 atom stereocenters. The average Bonchev–Trinajstić information content (AvgIpc) is 2.36. The van der Waals surface area contributed by atoms with E-state index >= 15 is 0 Å². The number of rotatable bonds is 2. The van der Waals surface area contributed by atoms with Crippen LogP contribution < -0.4 is 0 Å². The molecule has 1 aromatic heterocycles. The first kappa shape index (κ1) is 7.80. The zero-order valence-electron chi connectivity index (χ0n) is 6.72. The first-order valence-corrected chi connectivity index (χ1v) is 4.43. The van der Waals surface area contributed by atoms with Crippen LogP contribution in [-0.2, 0) is 0 Å². The minimum absolute atomic E-state index is 0.639. The lowest BCUT2D eigenvalue weighted by atomic mass is 9.97. The molecule has 0 spiro atoms. The van der Waals surface area contributed by atoms with E-state index in [0.717, 1.165) is 0 Å². The second-order valence-electron chi connectivity index (χ2n) is 2.81. The summed E-state index contributed by atoms with van der Waals surface area (Å²) >= 11 is 1.84. The molecule has 1 aromatic rings. The maximum Gasteiger partial charge on any atom is 0.00789 e. The first-order valence-electron chi connectivity index (χ1n) is 3.55. The van der Waals surface area contributed by atoms with Gasteiger partial charge in [0.1, 0.15) is 0 Å². The summed E-state index contributed by atoms with van der Waals surface area (Å²) in [7, 11) is 0. The van der Waals surface area contributed by atoms with Crippen molar-refractivity contribution in [3.8, 4) is 0 Å². The molecule has 0 bridgehead atoms. The molecular formula is C9H13S. The Morgan fingerprint density at radius 3 is 2.60 bits per heavy atom. The fraction of sp³-hybridized carbons (Fsp3) is 0.444. The van der Waals surface area contributed by atoms with Gasteiger partial charge in [-0.1, -0.05) is 26.8 Å². The van der Waals surface area contributed by atoms with Gasteiger partial charge in [-0.3, -0.25) is 0 Å². The van der Waals surface area contributed by atoms with E-state index in [0.29, 0.717) is 5.92 Å². The van der Waals surface area contributed by atoms with Crippen molar-refractivity contribution in [2.75, 3.05) is 0 Å². The Bertz CT molecular complexity index is 175. The highest BCUT2D eigenvalue weighted by molar-refractivity contribution is 7.10. The van der Waals surface area contributed by atoms with E-state index in [1.165, 1.54) is 10.8 Å². The second-order valence-corrected chi connectivity index (χ2v) is 3.79. The molecule has 1 heterocycles. The Morgan fingerprint density at radius 2 is 2.20 bits per heavy atom. The summed E-state index contributed by atoms with van der Waals surface area (Å²) in [5.41, 5.74) is 0. The molecule has 1 unspecified atom stereocenters. The summed E-state index contributed by atoms with van der Waals surface area (Å²) < 4.78 is 0. The molecule has 10 heavy (non-hydrogen) atoms. The Hall–Kier alpha value is -0.300. The number of thiophene rings is 1. The minimum atomic E-state index is 0.639. The summed E-state index contributed by atoms with van der Waals surface area (Å²) in [6, 6.07) is 4.31. The summed E-state index contributed by atoms with van der Waals surface area (Å²) in [4.78, 5) is 1.47. The lowest BCUT2D eigenvalue weighted by Crippen LogP contribution is -1.96. The van der Waals surface area contributed by atoms with Crippen molar-refractivity contribution in [2.45, 2.75) is 26.7 Å². The van der Waals surface area contributed by atoms with Crippen LogP contribution in [-0.4, -0.2) is 0 Å². The average molecular weight is 153 g/mol. The quantitative estimate of drug-likeness (QED) is 0.610. The van der Waals surface area contributed by atoms with Crippen LogP contribution in [0.25, 0.3) is 0 Å². The van der Waals surface area contributed by atoms with Gasteiger partial charge in [0.15, 0.2) is 0 Å². The Labute approximate surface area is 66.9 Å². The fourth-order valence-corrected chi connectivity index (χ4v) is 1.73.